The van der Waals surface area contributed by atoms with Gasteiger partial charge in [0.05, 0.1) is 4.92 Å². The van der Waals surface area contributed by atoms with Crippen LogP contribution in [0.2, 0.25) is 0 Å². The van der Waals surface area contributed by atoms with Gasteiger partial charge in [-0.15, -0.1) is 0 Å². The van der Waals surface area contributed by atoms with Crippen LogP contribution in [0.15, 0.2) is 30.5 Å². The quantitative estimate of drug-likeness (QED) is 0.550. The first-order chi connectivity index (χ1) is 12.8. The van der Waals surface area contributed by atoms with Crippen molar-refractivity contribution in [1.29, 1.82) is 0 Å². The Morgan fingerprint density at radius 2 is 1.93 bits per heavy atom. The molecule has 0 aliphatic heterocycles. The number of hydrogen-bond donors (Lipinski definition) is 1. The van der Waals surface area contributed by atoms with Gasteiger partial charge in [0.1, 0.15) is 18.1 Å². The average molecular weight is 368 g/mol. The molecule has 0 fully saturated rings. The van der Waals surface area contributed by atoms with E-state index in [4.69, 9.17) is 0 Å². The number of carbonyl (C=O) groups is 1. The first-order valence-electron chi connectivity index (χ1n) is 8.37. The first-order valence-corrected chi connectivity index (χ1v) is 8.37. The molecule has 1 amide bonds. The maximum atomic E-state index is 12.5. The van der Waals surface area contributed by atoms with Crippen molar-refractivity contribution in [3.63, 3.8) is 0 Å². The molecule has 2 aromatic heterocycles. The van der Waals surface area contributed by atoms with Crippen LogP contribution in [0.3, 0.4) is 0 Å². The van der Waals surface area contributed by atoms with E-state index in [-0.39, 0.29) is 24.0 Å². The van der Waals surface area contributed by atoms with E-state index in [0.717, 1.165) is 16.8 Å². The summed E-state index contributed by atoms with van der Waals surface area (Å²) in [4.78, 5) is 23.1. The Kier molecular flexibility index (Phi) is 4.76. The van der Waals surface area contributed by atoms with Crippen molar-refractivity contribution in [1.82, 2.24) is 19.6 Å². The van der Waals surface area contributed by atoms with Crippen LogP contribution in [0, 0.1) is 37.8 Å². The number of rotatable bonds is 5. The summed E-state index contributed by atoms with van der Waals surface area (Å²) in [6.07, 6.45) is 1.64. The van der Waals surface area contributed by atoms with Gasteiger partial charge in [-0.1, -0.05) is 12.1 Å². The molecule has 0 aliphatic carbocycles. The number of aryl methyl sites for hydroxylation is 2. The monoisotopic (exact) mass is 368 g/mol. The second-order valence-corrected chi connectivity index (χ2v) is 6.36. The molecule has 0 saturated heterocycles. The molecule has 0 spiro atoms. The highest BCUT2D eigenvalue weighted by Gasteiger charge is 2.22. The average Bonchev–Trinajstić information content (AvgIpc) is 3.17. The van der Waals surface area contributed by atoms with Gasteiger partial charge in [0, 0.05) is 11.9 Å². The summed E-state index contributed by atoms with van der Waals surface area (Å²) in [6, 6.07) is 7.30. The van der Waals surface area contributed by atoms with Gasteiger partial charge >= 0.3 is 5.69 Å². The molecule has 9 heteroatoms. The summed E-state index contributed by atoms with van der Waals surface area (Å²) in [5.41, 5.74) is 3.86. The Morgan fingerprint density at radius 1 is 1.19 bits per heavy atom. The number of hydrogen-bond acceptors (Lipinski definition) is 5. The Balaban J connectivity index is 1.77. The summed E-state index contributed by atoms with van der Waals surface area (Å²) in [6.45, 7) is 7.33. The molecule has 0 saturated carbocycles. The van der Waals surface area contributed by atoms with Crippen molar-refractivity contribution >= 4 is 17.3 Å². The number of nitro groups is 1. The molecule has 27 heavy (non-hydrogen) atoms. The van der Waals surface area contributed by atoms with Crippen LogP contribution in [0.4, 0.5) is 11.4 Å². The van der Waals surface area contributed by atoms with E-state index < -0.39 is 4.92 Å². The number of benzene rings is 1. The lowest BCUT2D eigenvalue weighted by molar-refractivity contribution is -0.386. The summed E-state index contributed by atoms with van der Waals surface area (Å²) >= 11 is 0. The molecule has 3 rings (SSSR count). The highest BCUT2D eigenvalue weighted by Crippen LogP contribution is 2.22. The van der Waals surface area contributed by atoms with Crippen molar-refractivity contribution in [3.05, 3.63) is 68.8 Å². The van der Waals surface area contributed by atoms with Crippen molar-refractivity contribution in [2.24, 2.45) is 0 Å². The molecule has 3 aromatic rings. The van der Waals surface area contributed by atoms with Gasteiger partial charge in [-0.2, -0.15) is 10.2 Å². The lowest BCUT2D eigenvalue weighted by Crippen LogP contribution is -2.16. The predicted octanol–water partition coefficient (Wildman–Crippen LogP) is 2.98. The highest BCUT2D eigenvalue weighted by molar-refractivity contribution is 6.03. The number of carbonyl (C=O) groups excluding carboxylic acids is 1. The zero-order valence-electron chi connectivity index (χ0n) is 15.6. The third-order valence-electron chi connectivity index (χ3n) is 4.53. The van der Waals surface area contributed by atoms with Crippen molar-refractivity contribution in [3.8, 4) is 0 Å². The molecular weight excluding hydrogens is 348 g/mol. The third kappa shape index (κ3) is 3.57. The van der Waals surface area contributed by atoms with Crippen LogP contribution in [-0.2, 0) is 6.67 Å². The van der Waals surface area contributed by atoms with Gasteiger partial charge in [0.15, 0.2) is 5.69 Å². The molecule has 9 nitrogen and oxygen atoms in total. The van der Waals surface area contributed by atoms with Gasteiger partial charge in [-0.05, 0) is 51.0 Å². The fourth-order valence-corrected chi connectivity index (χ4v) is 2.86. The number of anilines is 1. The second kappa shape index (κ2) is 7.02. The summed E-state index contributed by atoms with van der Waals surface area (Å²) in [7, 11) is 0. The van der Waals surface area contributed by atoms with E-state index in [1.54, 1.807) is 26.1 Å². The predicted molar refractivity (Wildman–Crippen MR) is 99.8 cm³/mol. The fraction of sp³-hybridized carbons (Fsp3) is 0.278. The molecular formula is C18H20N6O3. The van der Waals surface area contributed by atoms with Crippen molar-refractivity contribution in [2.75, 3.05) is 5.32 Å². The van der Waals surface area contributed by atoms with Crippen molar-refractivity contribution < 1.29 is 9.72 Å². The number of nitrogens with one attached hydrogen (secondary N) is 1. The third-order valence-corrected chi connectivity index (χ3v) is 4.53. The standard InChI is InChI=1S/C18H20N6O3/c1-11-6-5-7-15(12(11)2)19-18(25)16-8-9-22(21-16)10-23-14(4)17(24(26)27)13(3)20-23/h5-9H,10H2,1-4H3,(H,19,25). The van der Waals surface area contributed by atoms with E-state index in [1.165, 1.54) is 9.36 Å². The van der Waals surface area contributed by atoms with Crippen LogP contribution in [0.1, 0.15) is 33.0 Å². The molecule has 0 unspecified atom stereocenters. The number of nitrogens with zero attached hydrogens (tertiary/aromatic N) is 5. The minimum absolute atomic E-state index is 0.00459. The Hall–Kier alpha value is -3.49. The SMILES string of the molecule is Cc1cccc(NC(=O)c2ccn(Cn3nc(C)c([N+](=O)[O-])c3C)n2)c1C. The molecule has 1 aromatic carbocycles. The summed E-state index contributed by atoms with van der Waals surface area (Å²) in [5, 5.41) is 22.4. The van der Waals surface area contributed by atoms with E-state index in [0.29, 0.717) is 11.4 Å². The van der Waals surface area contributed by atoms with Crippen LogP contribution < -0.4 is 5.32 Å². The van der Waals surface area contributed by atoms with Crippen LogP contribution in [-0.4, -0.2) is 30.4 Å². The summed E-state index contributed by atoms with van der Waals surface area (Å²) < 4.78 is 3.01. The minimum Gasteiger partial charge on any atom is -0.320 e. The largest absolute Gasteiger partial charge is 0.320 e. The van der Waals surface area contributed by atoms with Crippen LogP contribution in [0.5, 0.6) is 0 Å². The first kappa shape index (κ1) is 18.3. The highest BCUT2D eigenvalue weighted by atomic mass is 16.6. The van der Waals surface area contributed by atoms with E-state index in [1.807, 2.05) is 32.0 Å². The van der Waals surface area contributed by atoms with E-state index in [9.17, 15) is 14.9 Å². The van der Waals surface area contributed by atoms with Gasteiger partial charge in [-0.3, -0.25) is 19.6 Å². The summed E-state index contributed by atoms with van der Waals surface area (Å²) in [5.74, 6) is -0.318. The molecule has 1 N–H and O–H groups in total. The topological polar surface area (TPSA) is 108 Å². The maximum Gasteiger partial charge on any atom is 0.312 e. The fourth-order valence-electron chi connectivity index (χ4n) is 2.86. The lowest BCUT2D eigenvalue weighted by Gasteiger charge is -2.09. The molecule has 0 atom stereocenters. The Labute approximate surface area is 155 Å². The molecule has 2 heterocycles. The number of amides is 1. The van der Waals surface area contributed by atoms with Gasteiger partial charge in [0.2, 0.25) is 0 Å². The van der Waals surface area contributed by atoms with Gasteiger partial charge in [-0.25, -0.2) is 4.68 Å². The molecule has 0 aliphatic rings. The Morgan fingerprint density at radius 3 is 2.59 bits per heavy atom. The van der Waals surface area contributed by atoms with E-state index in [2.05, 4.69) is 15.5 Å². The van der Waals surface area contributed by atoms with E-state index >= 15 is 0 Å². The second-order valence-electron chi connectivity index (χ2n) is 6.36. The van der Waals surface area contributed by atoms with Crippen LogP contribution in [0.25, 0.3) is 0 Å². The smallest absolute Gasteiger partial charge is 0.312 e. The minimum atomic E-state index is -0.444. The lowest BCUT2D eigenvalue weighted by atomic mass is 10.1. The zero-order valence-corrected chi connectivity index (χ0v) is 15.6. The Bertz CT molecular complexity index is 1030. The zero-order chi connectivity index (χ0) is 19.7. The number of aromatic nitrogens is 4. The van der Waals surface area contributed by atoms with Gasteiger partial charge < -0.3 is 5.32 Å². The van der Waals surface area contributed by atoms with Crippen LogP contribution >= 0.6 is 0 Å². The van der Waals surface area contributed by atoms with Crippen molar-refractivity contribution in [2.45, 2.75) is 34.4 Å². The molecule has 0 radical (unpaired) electrons. The van der Waals surface area contributed by atoms with Gasteiger partial charge in [0.25, 0.3) is 5.91 Å². The molecule has 140 valence electrons. The maximum absolute atomic E-state index is 12.5. The normalized spacial score (nSPS) is 10.8. The molecule has 0 bridgehead atoms.